The molecule has 5 heterocycles. The van der Waals surface area contributed by atoms with Crippen molar-refractivity contribution in [3.05, 3.63) is 194 Å². The fourth-order valence-electron chi connectivity index (χ4n) is 10.1. The van der Waals surface area contributed by atoms with Crippen molar-refractivity contribution in [2.75, 3.05) is 0 Å². The Morgan fingerprint density at radius 2 is 0.952 bits per heavy atom. The van der Waals surface area contributed by atoms with Crippen molar-refractivity contribution in [3.63, 3.8) is 0 Å². The van der Waals surface area contributed by atoms with Gasteiger partial charge in [-0.2, -0.15) is 0 Å². The first-order valence-corrected chi connectivity index (χ1v) is 24.5. The van der Waals surface area contributed by atoms with Gasteiger partial charge in [-0.25, -0.2) is 19.9 Å². The van der Waals surface area contributed by atoms with E-state index in [4.69, 9.17) is 19.9 Å². The highest BCUT2D eigenvalue weighted by atomic mass is 28.3. The molecule has 0 radical (unpaired) electrons. The molecule has 0 saturated heterocycles. The van der Waals surface area contributed by atoms with E-state index >= 15 is 0 Å². The first-order chi connectivity index (χ1) is 31.0. The van der Waals surface area contributed by atoms with Gasteiger partial charge >= 0.3 is 0 Å². The fourth-order valence-corrected chi connectivity index (χ4v) is 13.1. The van der Waals surface area contributed by atoms with Crippen molar-refractivity contribution in [3.8, 4) is 56.7 Å². The molecule has 63 heavy (non-hydrogen) atoms. The molecule has 1 aliphatic heterocycles. The summed E-state index contributed by atoms with van der Waals surface area (Å²) in [5, 5.41) is 8.25. The Morgan fingerprint density at radius 1 is 0.397 bits per heavy atom. The van der Waals surface area contributed by atoms with E-state index in [0.29, 0.717) is 5.82 Å². The van der Waals surface area contributed by atoms with Crippen LogP contribution in [0.5, 0.6) is 0 Å². The minimum absolute atomic E-state index is 0.696. The average Bonchev–Trinajstić information content (AvgIpc) is 3.94. The normalized spacial score (nSPS) is 13.0. The quantitative estimate of drug-likeness (QED) is 0.162. The first-order valence-electron chi connectivity index (χ1n) is 21.5. The molecule has 0 amide bonds. The highest BCUT2D eigenvalue weighted by Crippen LogP contribution is 2.41. The maximum absolute atomic E-state index is 5.62. The summed E-state index contributed by atoms with van der Waals surface area (Å²) < 4.78 is 4.67. The molecule has 0 aliphatic carbocycles. The highest BCUT2D eigenvalue weighted by molar-refractivity contribution is 7.03. The van der Waals surface area contributed by atoms with E-state index in [1.165, 1.54) is 43.4 Å². The van der Waals surface area contributed by atoms with Gasteiger partial charge in [0.15, 0.2) is 11.6 Å². The molecular formula is C56H38N6Si. The molecule has 0 fully saturated rings. The third-order valence-corrected chi connectivity index (χ3v) is 16.4. The Labute approximate surface area is 364 Å². The van der Waals surface area contributed by atoms with Gasteiger partial charge in [-0.1, -0.05) is 140 Å². The number of nitrogens with zero attached hydrogens (tertiary/aromatic N) is 6. The van der Waals surface area contributed by atoms with E-state index in [0.717, 1.165) is 72.4 Å². The van der Waals surface area contributed by atoms with Crippen molar-refractivity contribution in [2.24, 2.45) is 0 Å². The summed E-state index contributed by atoms with van der Waals surface area (Å²) in [5.74, 6) is 2.28. The second-order valence-electron chi connectivity index (χ2n) is 17.0. The molecular weight excluding hydrogens is 785 g/mol. The minimum Gasteiger partial charge on any atom is -0.309 e. The lowest BCUT2D eigenvalue weighted by molar-refractivity contribution is 1.07. The van der Waals surface area contributed by atoms with E-state index < -0.39 is 8.07 Å². The summed E-state index contributed by atoms with van der Waals surface area (Å²) in [6, 6.07) is 69.0. The number of aromatic nitrogens is 6. The van der Waals surface area contributed by atoms with Gasteiger partial charge in [-0.3, -0.25) is 4.57 Å². The van der Waals surface area contributed by atoms with Crippen LogP contribution in [0.2, 0.25) is 13.1 Å². The highest BCUT2D eigenvalue weighted by Gasteiger charge is 2.41. The molecule has 0 bridgehead atoms. The lowest BCUT2D eigenvalue weighted by atomic mass is 9.99. The van der Waals surface area contributed by atoms with Gasteiger partial charge in [0.1, 0.15) is 13.9 Å². The summed E-state index contributed by atoms with van der Waals surface area (Å²) >= 11 is 0. The summed E-state index contributed by atoms with van der Waals surface area (Å²) in [4.78, 5) is 21.5. The SMILES string of the molecule is C[Si]1(C)c2ccccc2-c2c(-c3ccc4c(c3)c3ccccc3n4-c3ccccc3)nc(-c3ccc4c(c3)c3ccccc3n4-c3nc(-c4ccccc4)nc4ccccc34)nc21. The van der Waals surface area contributed by atoms with E-state index in [9.17, 15) is 0 Å². The monoisotopic (exact) mass is 822 g/mol. The van der Waals surface area contributed by atoms with Crippen LogP contribution in [0.4, 0.5) is 0 Å². The Balaban J connectivity index is 1.04. The third-order valence-electron chi connectivity index (χ3n) is 13.1. The molecule has 0 N–H and O–H groups in total. The fraction of sp³-hybridized carbons (Fsp3) is 0.0357. The van der Waals surface area contributed by atoms with E-state index in [1.54, 1.807) is 0 Å². The van der Waals surface area contributed by atoms with Crippen LogP contribution in [0, 0.1) is 0 Å². The molecule has 0 atom stereocenters. The van der Waals surface area contributed by atoms with Crippen LogP contribution in [0.3, 0.4) is 0 Å². The number of fused-ring (bicyclic) bond motifs is 10. The largest absolute Gasteiger partial charge is 0.309 e. The zero-order chi connectivity index (χ0) is 41.8. The maximum atomic E-state index is 5.62. The maximum Gasteiger partial charge on any atom is 0.162 e. The van der Waals surface area contributed by atoms with Crippen molar-refractivity contribution in [1.82, 2.24) is 29.1 Å². The molecule has 0 spiro atoms. The summed E-state index contributed by atoms with van der Waals surface area (Å²) in [5.41, 5.74) is 13.0. The summed E-state index contributed by atoms with van der Waals surface area (Å²) in [6.45, 7) is 4.86. The zero-order valence-corrected chi connectivity index (χ0v) is 35.7. The molecule has 6 nitrogen and oxygen atoms in total. The van der Waals surface area contributed by atoms with Gasteiger partial charge in [-0.15, -0.1) is 0 Å². The Bertz CT molecular complexity index is 3830. The molecule has 8 aromatic carbocycles. The van der Waals surface area contributed by atoms with E-state index in [-0.39, 0.29) is 0 Å². The lowest BCUT2D eigenvalue weighted by Gasteiger charge is -2.19. The number of hydrogen-bond acceptors (Lipinski definition) is 4. The van der Waals surface area contributed by atoms with Gasteiger partial charge in [0.2, 0.25) is 0 Å². The van der Waals surface area contributed by atoms with E-state index in [1.807, 2.05) is 24.3 Å². The van der Waals surface area contributed by atoms with Gasteiger partial charge < -0.3 is 4.57 Å². The smallest absolute Gasteiger partial charge is 0.162 e. The molecule has 0 unspecified atom stereocenters. The van der Waals surface area contributed by atoms with Crippen molar-refractivity contribution in [2.45, 2.75) is 13.1 Å². The van der Waals surface area contributed by atoms with Crippen LogP contribution in [0.15, 0.2) is 194 Å². The number of hydrogen-bond donors (Lipinski definition) is 0. The first kappa shape index (κ1) is 35.7. The Morgan fingerprint density at radius 3 is 1.71 bits per heavy atom. The molecule has 13 rings (SSSR count). The van der Waals surface area contributed by atoms with Crippen molar-refractivity contribution < 1.29 is 0 Å². The summed E-state index contributed by atoms with van der Waals surface area (Å²) in [6.07, 6.45) is 0. The van der Waals surface area contributed by atoms with Gasteiger partial charge in [0, 0.05) is 60.2 Å². The molecule has 296 valence electrons. The van der Waals surface area contributed by atoms with Crippen LogP contribution < -0.4 is 10.5 Å². The molecule has 7 heteroatoms. The predicted octanol–water partition coefficient (Wildman–Crippen LogP) is 12.4. The average molecular weight is 823 g/mol. The molecule has 1 aliphatic rings. The van der Waals surface area contributed by atoms with Gasteiger partial charge in [-0.05, 0) is 77.5 Å². The molecule has 12 aromatic rings. The third kappa shape index (κ3) is 5.30. The number of para-hydroxylation sites is 4. The number of benzene rings is 8. The van der Waals surface area contributed by atoms with Crippen LogP contribution in [0.25, 0.3) is 111 Å². The standard InChI is InChI=1S/C56H38N6Si/c1-63(2)50-28-16-12-24-42(50)51-52(36-29-31-48-43(33-36)39-21-10-14-26-46(39)61(48)38-19-7-4-8-20-38)58-54(60-56(51)63)37-30-32-49-44(34-37)40-22-11-15-27-47(40)62(49)55-41-23-9-13-25-45(41)57-53(59-55)35-17-5-3-6-18-35/h3-34H,1-2H3. The van der Waals surface area contributed by atoms with E-state index in [2.05, 4.69) is 192 Å². The predicted molar refractivity (Wildman–Crippen MR) is 262 cm³/mol. The van der Waals surface area contributed by atoms with Crippen molar-refractivity contribution in [1.29, 1.82) is 0 Å². The zero-order valence-electron chi connectivity index (χ0n) is 34.7. The topological polar surface area (TPSA) is 61.4 Å². The van der Waals surface area contributed by atoms with Gasteiger partial charge in [0.25, 0.3) is 0 Å². The Kier molecular flexibility index (Phi) is 7.65. The number of rotatable bonds is 5. The van der Waals surface area contributed by atoms with Crippen molar-refractivity contribution >= 4 is 73.1 Å². The molecule has 4 aromatic heterocycles. The summed E-state index contributed by atoms with van der Waals surface area (Å²) in [7, 11) is -2.22. The Hall–Kier alpha value is -8.00. The van der Waals surface area contributed by atoms with Gasteiger partial charge in [0.05, 0.1) is 33.3 Å². The lowest BCUT2D eigenvalue weighted by Crippen LogP contribution is -2.50. The second-order valence-corrected chi connectivity index (χ2v) is 21.3. The molecule has 0 saturated carbocycles. The van der Waals surface area contributed by atoms with Crippen LogP contribution >= 0.6 is 0 Å². The van der Waals surface area contributed by atoms with Crippen LogP contribution in [-0.2, 0) is 0 Å². The van der Waals surface area contributed by atoms with Crippen LogP contribution in [0.1, 0.15) is 0 Å². The van der Waals surface area contributed by atoms with Crippen LogP contribution in [-0.4, -0.2) is 37.1 Å². The second kappa shape index (κ2) is 13.5. The minimum atomic E-state index is -2.22.